The Morgan fingerprint density at radius 2 is 1.55 bits per heavy atom. The van der Waals surface area contributed by atoms with Gasteiger partial charge in [0.1, 0.15) is 12.2 Å². The third-order valence-electron chi connectivity index (χ3n) is 3.75. The maximum absolute atomic E-state index is 4.28. The van der Waals surface area contributed by atoms with Gasteiger partial charge >= 0.3 is 0 Å². The van der Waals surface area contributed by atoms with Crippen LogP contribution < -0.4 is 5.32 Å². The molecule has 1 rings (SSSR count). The predicted octanol–water partition coefficient (Wildman–Crippen LogP) is 3.92. The zero-order valence-corrected chi connectivity index (χ0v) is 13.4. The van der Waals surface area contributed by atoms with E-state index >= 15 is 0 Å². The molecule has 20 heavy (non-hydrogen) atoms. The molecule has 0 saturated carbocycles. The molecule has 0 fully saturated rings. The van der Waals surface area contributed by atoms with E-state index in [0.29, 0.717) is 0 Å². The Hall–Kier alpha value is -0.900. The molecular weight excluding hydrogens is 248 g/mol. The maximum atomic E-state index is 4.28. The molecule has 1 aromatic rings. The summed E-state index contributed by atoms with van der Waals surface area (Å²) in [6, 6.07) is 0. The first kappa shape index (κ1) is 17.2. The van der Waals surface area contributed by atoms with E-state index in [1.165, 1.54) is 64.2 Å². The van der Waals surface area contributed by atoms with Crippen molar-refractivity contribution < 1.29 is 0 Å². The van der Waals surface area contributed by atoms with Crippen molar-refractivity contribution in [3.05, 3.63) is 12.2 Å². The molecule has 0 aliphatic heterocycles. The minimum atomic E-state index is 0.803. The lowest BCUT2D eigenvalue weighted by Crippen LogP contribution is -2.13. The van der Waals surface area contributed by atoms with Crippen LogP contribution in [0.3, 0.4) is 0 Å². The highest BCUT2D eigenvalue weighted by Gasteiger charge is 2.02. The van der Waals surface area contributed by atoms with Crippen LogP contribution in [-0.2, 0) is 13.1 Å². The van der Waals surface area contributed by atoms with Gasteiger partial charge in [-0.25, -0.2) is 9.67 Å². The molecule has 0 atom stereocenters. The van der Waals surface area contributed by atoms with E-state index in [1.807, 2.05) is 11.7 Å². The van der Waals surface area contributed by atoms with Crippen LogP contribution in [0.15, 0.2) is 6.33 Å². The van der Waals surface area contributed by atoms with E-state index < -0.39 is 0 Å². The Morgan fingerprint density at radius 3 is 2.15 bits per heavy atom. The Kier molecular flexibility index (Phi) is 10.2. The fourth-order valence-electron chi connectivity index (χ4n) is 2.52. The van der Waals surface area contributed by atoms with Crippen LogP contribution in [0.2, 0.25) is 0 Å². The van der Waals surface area contributed by atoms with E-state index in [1.54, 1.807) is 6.33 Å². The van der Waals surface area contributed by atoms with Crippen molar-refractivity contribution >= 4 is 0 Å². The normalized spacial score (nSPS) is 11.1. The van der Waals surface area contributed by atoms with Crippen LogP contribution in [0, 0.1) is 0 Å². The molecular formula is C16H32N4. The first-order valence-electron chi connectivity index (χ1n) is 8.39. The molecule has 0 aliphatic carbocycles. The fraction of sp³-hybridized carbons (Fsp3) is 0.875. The van der Waals surface area contributed by atoms with Crippen molar-refractivity contribution in [1.82, 2.24) is 20.1 Å². The molecule has 1 N–H and O–H groups in total. The fourth-order valence-corrected chi connectivity index (χ4v) is 2.52. The molecule has 0 aliphatic rings. The van der Waals surface area contributed by atoms with E-state index in [0.717, 1.165) is 18.9 Å². The number of nitrogens with one attached hydrogen (secondary N) is 1. The molecule has 1 aromatic heterocycles. The van der Waals surface area contributed by atoms with Gasteiger partial charge < -0.3 is 5.32 Å². The summed E-state index contributed by atoms with van der Waals surface area (Å²) in [5.41, 5.74) is 0. The minimum Gasteiger partial charge on any atom is -0.313 e. The highest BCUT2D eigenvalue weighted by atomic mass is 15.3. The Bertz CT molecular complexity index is 322. The number of aromatic nitrogens is 3. The molecule has 0 spiro atoms. The summed E-state index contributed by atoms with van der Waals surface area (Å²) < 4.78 is 2.03. The second kappa shape index (κ2) is 11.9. The van der Waals surface area contributed by atoms with Gasteiger partial charge in [0.15, 0.2) is 0 Å². The number of nitrogens with zero attached hydrogens (tertiary/aromatic N) is 3. The molecule has 0 bridgehead atoms. The monoisotopic (exact) mass is 280 g/mol. The topological polar surface area (TPSA) is 42.7 Å². The highest BCUT2D eigenvalue weighted by molar-refractivity contribution is 4.82. The summed E-state index contributed by atoms with van der Waals surface area (Å²) >= 11 is 0. The van der Waals surface area contributed by atoms with Crippen LogP contribution in [0.4, 0.5) is 0 Å². The van der Waals surface area contributed by atoms with Gasteiger partial charge in [0.05, 0.1) is 6.54 Å². The Morgan fingerprint density at radius 1 is 0.950 bits per heavy atom. The van der Waals surface area contributed by atoms with Gasteiger partial charge in [-0.05, 0) is 13.5 Å². The lowest BCUT2D eigenvalue weighted by Gasteiger charge is -2.05. The Balaban J connectivity index is 1.93. The summed E-state index contributed by atoms with van der Waals surface area (Å²) in [7, 11) is 1.94. The van der Waals surface area contributed by atoms with Crippen molar-refractivity contribution in [2.45, 2.75) is 84.2 Å². The second-order valence-corrected chi connectivity index (χ2v) is 5.61. The molecule has 116 valence electrons. The zero-order chi connectivity index (χ0) is 14.5. The summed E-state index contributed by atoms with van der Waals surface area (Å²) in [6.07, 6.45) is 15.4. The van der Waals surface area contributed by atoms with Crippen molar-refractivity contribution in [2.75, 3.05) is 7.05 Å². The van der Waals surface area contributed by atoms with Crippen molar-refractivity contribution in [1.29, 1.82) is 0 Å². The zero-order valence-electron chi connectivity index (χ0n) is 13.4. The van der Waals surface area contributed by atoms with Crippen LogP contribution >= 0.6 is 0 Å². The van der Waals surface area contributed by atoms with Gasteiger partial charge in [-0.1, -0.05) is 64.7 Å². The van der Waals surface area contributed by atoms with Gasteiger partial charge in [0.25, 0.3) is 0 Å². The number of rotatable bonds is 13. The molecule has 0 unspecified atom stereocenters. The van der Waals surface area contributed by atoms with Crippen LogP contribution in [0.25, 0.3) is 0 Å². The molecule has 4 nitrogen and oxygen atoms in total. The number of hydrogen-bond acceptors (Lipinski definition) is 3. The van der Waals surface area contributed by atoms with Gasteiger partial charge in [-0.2, -0.15) is 5.10 Å². The lowest BCUT2D eigenvalue weighted by molar-refractivity contribution is 0.498. The Labute approximate surface area is 124 Å². The first-order chi connectivity index (χ1) is 9.88. The molecule has 0 saturated heterocycles. The quantitative estimate of drug-likeness (QED) is 0.557. The van der Waals surface area contributed by atoms with Gasteiger partial charge in [0.2, 0.25) is 0 Å². The van der Waals surface area contributed by atoms with Crippen molar-refractivity contribution in [2.24, 2.45) is 0 Å². The van der Waals surface area contributed by atoms with E-state index in [4.69, 9.17) is 0 Å². The highest BCUT2D eigenvalue weighted by Crippen LogP contribution is 2.11. The summed E-state index contributed by atoms with van der Waals surface area (Å²) in [5.74, 6) is 1.04. The van der Waals surface area contributed by atoms with E-state index in [9.17, 15) is 0 Å². The minimum absolute atomic E-state index is 0.803. The summed E-state index contributed by atoms with van der Waals surface area (Å²) in [6.45, 7) is 4.09. The maximum Gasteiger partial charge on any atom is 0.140 e. The van der Waals surface area contributed by atoms with E-state index in [-0.39, 0.29) is 0 Å². The lowest BCUT2D eigenvalue weighted by atomic mass is 10.1. The molecule has 0 aromatic carbocycles. The SMILES string of the molecule is CCCCCCCCCCCCn1ncnc1CNC. The number of hydrogen-bond donors (Lipinski definition) is 1. The molecule has 4 heteroatoms. The van der Waals surface area contributed by atoms with Crippen LogP contribution in [-0.4, -0.2) is 21.8 Å². The largest absolute Gasteiger partial charge is 0.313 e. The molecule has 0 amide bonds. The van der Waals surface area contributed by atoms with Crippen molar-refractivity contribution in [3.8, 4) is 0 Å². The van der Waals surface area contributed by atoms with E-state index in [2.05, 4.69) is 22.3 Å². The van der Waals surface area contributed by atoms with Crippen LogP contribution in [0.1, 0.15) is 77.0 Å². The average Bonchev–Trinajstić information content (AvgIpc) is 2.89. The third-order valence-corrected chi connectivity index (χ3v) is 3.75. The molecule has 1 heterocycles. The standard InChI is InChI=1S/C16H32N4/c1-3-4-5-6-7-8-9-10-11-12-13-20-16(14-17-2)18-15-19-20/h15,17H,3-14H2,1-2H3. The summed E-state index contributed by atoms with van der Waals surface area (Å²) in [4.78, 5) is 4.26. The average molecular weight is 280 g/mol. The van der Waals surface area contributed by atoms with Crippen molar-refractivity contribution in [3.63, 3.8) is 0 Å². The smallest absolute Gasteiger partial charge is 0.140 e. The predicted molar refractivity (Wildman–Crippen MR) is 84.6 cm³/mol. The van der Waals surface area contributed by atoms with Gasteiger partial charge in [-0.15, -0.1) is 0 Å². The second-order valence-electron chi connectivity index (χ2n) is 5.61. The number of aryl methyl sites for hydroxylation is 1. The van der Waals surface area contributed by atoms with Gasteiger partial charge in [-0.3, -0.25) is 0 Å². The first-order valence-corrected chi connectivity index (χ1v) is 8.39. The third kappa shape index (κ3) is 7.63. The van der Waals surface area contributed by atoms with Crippen LogP contribution in [0.5, 0.6) is 0 Å². The summed E-state index contributed by atoms with van der Waals surface area (Å²) in [5, 5.41) is 7.40. The number of unbranched alkanes of at least 4 members (excludes halogenated alkanes) is 9. The molecule has 0 radical (unpaired) electrons. The van der Waals surface area contributed by atoms with Gasteiger partial charge in [0, 0.05) is 6.54 Å².